The second-order valence-corrected chi connectivity index (χ2v) is 6.81. The van der Waals surface area contributed by atoms with Crippen LogP contribution in [0.15, 0.2) is 53.5 Å². The van der Waals surface area contributed by atoms with Crippen molar-refractivity contribution in [2.75, 3.05) is 6.54 Å². The van der Waals surface area contributed by atoms with Crippen molar-refractivity contribution >= 4 is 44.8 Å². The highest BCUT2D eigenvalue weighted by Crippen LogP contribution is 2.24. The Morgan fingerprint density at radius 2 is 2.10 bits per heavy atom. The first-order valence-corrected chi connectivity index (χ1v) is 7.99. The summed E-state index contributed by atoms with van der Waals surface area (Å²) in [5, 5.41) is 0. The zero-order valence-corrected chi connectivity index (χ0v) is 13.8. The van der Waals surface area contributed by atoms with Crippen LogP contribution in [-0.4, -0.2) is 17.4 Å². The molecule has 0 atom stereocenters. The minimum Gasteiger partial charge on any atom is -0.330 e. The predicted molar refractivity (Wildman–Crippen MR) is 88.4 cm³/mol. The molecule has 20 heavy (non-hydrogen) atoms. The average molecular weight is 371 g/mol. The number of amides is 1. The number of carbonyl (C=O) groups is 1. The lowest BCUT2D eigenvalue weighted by Gasteiger charge is -2.21. The number of carbonyl (C=O) groups excluding carboxylic acids is 1. The number of hydrogen-bond acceptors (Lipinski definition) is 2. The van der Waals surface area contributed by atoms with Crippen LogP contribution in [0.4, 0.5) is 0 Å². The number of rotatable bonds is 5. The van der Waals surface area contributed by atoms with Crippen molar-refractivity contribution in [3.05, 3.63) is 68.3 Å². The van der Waals surface area contributed by atoms with E-state index in [9.17, 15) is 4.79 Å². The standard InChI is InChI=1S/C15H13BrClNOS/c1-2-9-18(10-11-7-8-14(17)20-11)15(19)12-5-3-4-6-13(12)16/h2-8H,1,9-10H2. The smallest absolute Gasteiger partial charge is 0.255 e. The zero-order valence-electron chi connectivity index (χ0n) is 10.7. The van der Waals surface area contributed by atoms with Crippen LogP contribution < -0.4 is 0 Å². The molecule has 2 rings (SSSR count). The third-order valence-corrected chi connectivity index (χ3v) is 4.62. The molecule has 1 amide bonds. The molecule has 0 spiro atoms. The monoisotopic (exact) mass is 369 g/mol. The van der Waals surface area contributed by atoms with Gasteiger partial charge in [-0.1, -0.05) is 29.8 Å². The first-order chi connectivity index (χ1) is 9.61. The first-order valence-electron chi connectivity index (χ1n) is 6.00. The molecule has 0 radical (unpaired) electrons. The van der Waals surface area contributed by atoms with Crippen molar-refractivity contribution in [3.8, 4) is 0 Å². The fraction of sp³-hybridized carbons (Fsp3) is 0.133. The molecule has 0 saturated carbocycles. The Kier molecular flexibility index (Phi) is 5.40. The van der Waals surface area contributed by atoms with Gasteiger partial charge in [0.05, 0.1) is 16.4 Å². The Bertz CT molecular complexity index is 626. The molecule has 0 saturated heterocycles. The van der Waals surface area contributed by atoms with Gasteiger partial charge in [0.1, 0.15) is 0 Å². The van der Waals surface area contributed by atoms with Crippen molar-refractivity contribution in [2.24, 2.45) is 0 Å². The molecule has 0 bridgehead atoms. The summed E-state index contributed by atoms with van der Waals surface area (Å²) in [6.07, 6.45) is 1.73. The Labute approximate surface area is 135 Å². The van der Waals surface area contributed by atoms with Gasteiger partial charge in [0.15, 0.2) is 0 Å². The number of nitrogens with zero attached hydrogens (tertiary/aromatic N) is 1. The summed E-state index contributed by atoms with van der Waals surface area (Å²) < 4.78 is 1.52. The number of benzene rings is 1. The molecule has 104 valence electrons. The van der Waals surface area contributed by atoms with Gasteiger partial charge in [0.2, 0.25) is 0 Å². The molecule has 1 aromatic carbocycles. The summed E-state index contributed by atoms with van der Waals surface area (Å²) >= 11 is 10.8. The highest BCUT2D eigenvalue weighted by Gasteiger charge is 2.17. The van der Waals surface area contributed by atoms with Crippen molar-refractivity contribution in [3.63, 3.8) is 0 Å². The molecule has 2 aromatic rings. The van der Waals surface area contributed by atoms with Crippen LogP contribution in [0.2, 0.25) is 4.34 Å². The summed E-state index contributed by atoms with van der Waals surface area (Å²) in [4.78, 5) is 15.4. The van der Waals surface area contributed by atoms with Crippen molar-refractivity contribution in [1.82, 2.24) is 4.90 Å². The number of halogens is 2. The van der Waals surface area contributed by atoms with Crippen molar-refractivity contribution in [2.45, 2.75) is 6.54 Å². The maximum atomic E-state index is 12.6. The van der Waals surface area contributed by atoms with Crippen LogP contribution >= 0.6 is 38.9 Å². The zero-order chi connectivity index (χ0) is 14.5. The van der Waals surface area contributed by atoms with Gasteiger partial charge in [-0.3, -0.25) is 4.79 Å². The molecule has 0 N–H and O–H groups in total. The minimum atomic E-state index is -0.0260. The highest BCUT2D eigenvalue weighted by molar-refractivity contribution is 9.10. The van der Waals surface area contributed by atoms with Crippen LogP contribution in [0, 0.1) is 0 Å². The summed E-state index contributed by atoms with van der Waals surface area (Å²) in [5.74, 6) is -0.0260. The first kappa shape index (κ1) is 15.3. The Hall–Kier alpha value is -1.10. The lowest BCUT2D eigenvalue weighted by molar-refractivity contribution is 0.0763. The second kappa shape index (κ2) is 7.07. The average Bonchev–Trinajstić information content (AvgIpc) is 2.83. The maximum absolute atomic E-state index is 12.6. The Morgan fingerprint density at radius 1 is 1.35 bits per heavy atom. The van der Waals surface area contributed by atoms with Gasteiger partial charge in [-0.15, -0.1) is 17.9 Å². The minimum absolute atomic E-state index is 0.0260. The van der Waals surface area contributed by atoms with Crippen molar-refractivity contribution < 1.29 is 4.79 Å². The summed E-state index contributed by atoms with van der Waals surface area (Å²) in [6.45, 7) is 4.74. The van der Waals surface area contributed by atoms with Gasteiger partial charge in [0.25, 0.3) is 5.91 Å². The molecule has 0 fully saturated rings. The van der Waals surface area contributed by atoms with Gasteiger partial charge in [-0.05, 0) is 40.2 Å². The van der Waals surface area contributed by atoms with E-state index in [-0.39, 0.29) is 5.91 Å². The van der Waals surface area contributed by atoms with Crippen LogP contribution in [0.3, 0.4) is 0 Å². The second-order valence-electron chi connectivity index (χ2n) is 4.16. The van der Waals surface area contributed by atoms with Gasteiger partial charge in [-0.2, -0.15) is 0 Å². The van der Waals surface area contributed by atoms with E-state index in [2.05, 4.69) is 22.5 Å². The van der Waals surface area contributed by atoms with Gasteiger partial charge in [0, 0.05) is 15.9 Å². The molecule has 2 nitrogen and oxygen atoms in total. The SMILES string of the molecule is C=CCN(Cc1ccc(Cl)s1)C(=O)c1ccccc1Br. The number of thiophene rings is 1. The van der Waals surface area contributed by atoms with E-state index in [0.29, 0.717) is 18.7 Å². The lowest BCUT2D eigenvalue weighted by Crippen LogP contribution is -2.30. The van der Waals surface area contributed by atoms with Gasteiger partial charge in [-0.25, -0.2) is 0 Å². The van der Waals surface area contributed by atoms with Gasteiger partial charge < -0.3 is 4.90 Å². The van der Waals surface area contributed by atoms with Crippen LogP contribution in [0.5, 0.6) is 0 Å². The third-order valence-electron chi connectivity index (χ3n) is 2.72. The van der Waals surface area contributed by atoms with Gasteiger partial charge >= 0.3 is 0 Å². The van der Waals surface area contributed by atoms with E-state index in [4.69, 9.17) is 11.6 Å². The topological polar surface area (TPSA) is 20.3 Å². The molecule has 1 heterocycles. The molecule has 0 unspecified atom stereocenters. The normalized spacial score (nSPS) is 10.3. The molecule has 0 aliphatic rings. The molecule has 5 heteroatoms. The molecule has 0 aliphatic heterocycles. The highest BCUT2D eigenvalue weighted by atomic mass is 79.9. The number of hydrogen-bond donors (Lipinski definition) is 0. The van der Waals surface area contributed by atoms with Crippen LogP contribution in [-0.2, 0) is 6.54 Å². The third kappa shape index (κ3) is 3.72. The van der Waals surface area contributed by atoms with E-state index in [1.165, 1.54) is 11.3 Å². The van der Waals surface area contributed by atoms with Crippen LogP contribution in [0.1, 0.15) is 15.2 Å². The summed E-state index contributed by atoms with van der Waals surface area (Å²) in [7, 11) is 0. The van der Waals surface area contributed by atoms with E-state index >= 15 is 0 Å². The maximum Gasteiger partial charge on any atom is 0.255 e. The van der Waals surface area contributed by atoms with Crippen LogP contribution in [0.25, 0.3) is 0 Å². The Morgan fingerprint density at radius 3 is 2.70 bits per heavy atom. The van der Waals surface area contributed by atoms with E-state index in [1.54, 1.807) is 11.0 Å². The fourth-order valence-electron chi connectivity index (χ4n) is 1.80. The Balaban J connectivity index is 2.22. The molecule has 1 aromatic heterocycles. The largest absolute Gasteiger partial charge is 0.330 e. The fourth-order valence-corrected chi connectivity index (χ4v) is 3.36. The predicted octanol–water partition coefficient (Wildman–Crippen LogP) is 4.99. The van der Waals surface area contributed by atoms with E-state index in [1.807, 2.05) is 36.4 Å². The summed E-state index contributed by atoms with van der Waals surface area (Å²) in [6, 6.07) is 11.2. The van der Waals surface area contributed by atoms with E-state index < -0.39 is 0 Å². The molecule has 0 aliphatic carbocycles. The van der Waals surface area contributed by atoms with E-state index in [0.717, 1.165) is 13.7 Å². The summed E-state index contributed by atoms with van der Waals surface area (Å²) in [5.41, 5.74) is 0.650. The lowest BCUT2D eigenvalue weighted by atomic mass is 10.2. The quantitative estimate of drug-likeness (QED) is 0.679. The molecular formula is C15H13BrClNOS. The van der Waals surface area contributed by atoms with Crippen molar-refractivity contribution in [1.29, 1.82) is 0 Å². The molecular weight excluding hydrogens is 358 g/mol.